The highest BCUT2D eigenvalue weighted by Crippen LogP contribution is 2.61. The van der Waals surface area contributed by atoms with Gasteiger partial charge in [-0.1, -0.05) is 50.2 Å². The molecule has 0 aliphatic carbocycles. The van der Waals surface area contributed by atoms with E-state index in [0.29, 0.717) is 10.8 Å². The van der Waals surface area contributed by atoms with E-state index in [9.17, 15) is 47.9 Å². The molecule has 0 radical (unpaired) electrons. The van der Waals surface area contributed by atoms with Crippen LogP contribution in [0, 0.1) is 0 Å². The van der Waals surface area contributed by atoms with Crippen molar-refractivity contribution < 1.29 is 51.6 Å². The molecule has 0 spiro atoms. The van der Waals surface area contributed by atoms with Crippen LogP contribution in [0.25, 0.3) is 10.8 Å². The van der Waals surface area contributed by atoms with Gasteiger partial charge < -0.3 is 0 Å². The fourth-order valence-electron chi connectivity index (χ4n) is 2.95. The lowest BCUT2D eigenvalue weighted by atomic mass is 10.1. The number of halogens is 9. The summed E-state index contributed by atoms with van der Waals surface area (Å²) in [5.74, 6) is -15.2. The smallest absolute Gasteiger partial charge is 0.264 e. The average Bonchev–Trinajstić information content (AvgIpc) is 2.70. The fourth-order valence-corrected chi connectivity index (χ4v) is 8.40. The van der Waals surface area contributed by atoms with E-state index < -0.39 is 43.7 Å². The summed E-state index contributed by atoms with van der Waals surface area (Å²) in [4.78, 5) is 0.0888. The number of benzene rings is 2. The van der Waals surface area contributed by atoms with Crippen molar-refractivity contribution in [1.82, 2.24) is 0 Å². The molecule has 182 valence electrons. The molecule has 2 aromatic rings. The maximum atomic E-state index is 14.2. The van der Waals surface area contributed by atoms with Gasteiger partial charge in [0, 0.05) is 27.2 Å². The number of hydrogen-bond donors (Lipinski definition) is 0. The third kappa shape index (κ3) is 3.94. The van der Waals surface area contributed by atoms with Crippen molar-refractivity contribution in [2.75, 3.05) is 11.5 Å². The van der Waals surface area contributed by atoms with E-state index in [1.807, 2.05) is 0 Å². The molecule has 0 saturated heterocycles. The van der Waals surface area contributed by atoms with Crippen molar-refractivity contribution in [3.05, 3.63) is 42.5 Å². The lowest BCUT2D eigenvalue weighted by Gasteiger charge is -2.36. The minimum Gasteiger partial charge on any atom is -0.264 e. The van der Waals surface area contributed by atoms with E-state index in [1.165, 1.54) is 38.1 Å². The van der Waals surface area contributed by atoms with E-state index in [1.54, 1.807) is 18.2 Å². The number of fused-ring (bicyclic) bond motifs is 1. The van der Waals surface area contributed by atoms with Crippen LogP contribution in [0.2, 0.25) is 0 Å². The molecule has 0 heterocycles. The Balaban J connectivity index is 2.67. The molecular formula is C18H18F9O3S2+. The summed E-state index contributed by atoms with van der Waals surface area (Å²) in [6, 6.07) is 10.6. The van der Waals surface area contributed by atoms with Crippen molar-refractivity contribution in [1.29, 1.82) is 0 Å². The molecule has 2 rings (SSSR count). The zero-order valence-corrected chi connectivity index (χ0v) is 18.1. The first-order chi connectivity index (χ1) is 14.4. The van der Waals surface area contributed by atoms with Gasteiger partial charge in [-0.05, 0) is 11.5 Å². The van der Waals surface area contributed by atoms with Crippen molar-refractivity contribution >= 4 is 31.2 Å². The van der Waals surface area contributed by atoms with Crippen LogP contribution >= 0.6 is 10.3 Å². The summed E-state index contributed by atoms with van der Waals surface area (Å²) >= 11 is 0. The molecule has 0 amide bonds. The Morgan fingerprint density at radius 1 is 0.750 bits per heavy atom. The number of hydrogen-bond acceptors (Lipinski definition) is 2. The highest BCUT2D eigenvalue weighted by Gasteiger charge is 2.87. The molecule has 0 aromatic heterocycles. The minimum absolute atomic E-state index is 0.0888. The summed E-state index contributed by atoms with van der Waals surface area (Å²) in [6.07, 6.45) is -7.13. The largest absolute Gasteiger partial charge is 0.486 e. The topological polar surface area (TPSA) is 46.9 Å². The molecule has 0 bridgehead atoms. The van der Waals surface area contributed by atoms with Crippen LogP contribution in [0.3, 0.4) is 0 Å². The predicted molar refractivity (Wildman–Crippen MR) is 103 cm³/mol. The molecule has 2 aromatic carbocycles. The molecule has 0 aliphatic rings. The summed E-state index contributed by atoms with van der Waals surface area (Å²) in [5, 5.41) is -5.97. The Bertz CT molecular complexity index is 1070. The molecule has 0 atom stereocenters. The maximum Gasteiger partial charge on any atom is 0.486 e. The zero-order chi connectivity index (χ0) is 24.8. The van der Waals surface area contributed by atoms with Crippen LogP contribution in [0.5, 0.6) is 0 Å². The predicted octanol–water partition coefficient (Wildman–Crippen LogP) is 6.81. The third-order valence-corrected chi connectivity index (χ3v) is 10.7. The van der Waals surface area contributed by atoms with Crippen molar-refractivity contribution in [3.63, 3.8) is 0 Å². The Kier molecular flexibility index (Phi) is 6.88. The summed E-state index contributed by atoms with van der Waals surface area (Å²) in [6.45, 7) is 2.64. The average molecular weight is 517 g/mol. The van der Waals surface area contributed by atoms with E-state index in [2.05, 4.69) is 3.63 Å². The summed E-state index contributed by atoms with van der Waals surface area (Å²) < 4.78 is 147. The molecular weight excluding hydrogens is 499 g/mol. The quantitative estimate of drug-likeness (QED) is 0.220. The molecule has 0 unspecified atom stereocenters. The van der Waals surface area contributed by atoms with E-state index in [4.69, 9.17) is 0 Å². The molecule has 0 saturated carbocycles. The molecule has 0 fully saturated rings. The van der Waals surface area contributed by atoms with Gasteiger partial charge in [0.05, 0.1) is 4.90 Å². The van der Waals surface area contributed by atoms with E-state index in [-0.39, 0.29) is 16.4 Å². The Morgan fingerprint density at radius 3 is 1.75 bits per heavy atom. The fraction of sp³-hybridized carbons (Fsp3) is 0.444. The van der Waals surface area contributed by atoms with Gasteiger partial charge in [-0.2, -0.15) is 39.5 Å². The van der Waals surface area contributed by atoms with E-state index >= 15 is 0 Å². The first-order valence-corrected chi connectivity index (χ1v) is 12.2. The van der Waals surface area contributed by atoms with E-state index in [0.717, 1.165) is 0 Å². The summed E-state index contributed by atoms with van der Waals surface area (Å²) in [5.41, 5.74) is 0. The standard InChI is InChI=1S/C18H17F9O3S2/c1-3-31(4-2,14-11-7-9-12-8-5-6-10-13(12)14)30-32(28,29)18(26,27)16(21,22)15(19,20)17(23,24)25/h5-11H,3-4H2,1-2H3/p+1. The van der Waals surface area contributed by atoms with Crippen LogP contribution in [0.1, 0.15) is 13.8 Å². The van der Waals surface area contributed by atoms with Gasteiger partial charge in [-0.15, -0.1) is 8.42 Å². The van der Waals surface area contributed by atoms with Gasteiger partial charge in [0.15, 0.2) is 0 Å². The third-order valence-electron chi connectivity index (χ3n) is 4.79. The number of alkyl halides is 9. The second kappa shape index (κ2) is 8.28. The van der Waals surface area contributed by atoms with Gasteiger partial charge in [0.2, 0.25) is 0 Å². The molecule has 32 heavy (non-hydrogen) atoms. The van der Waals surface area contributed by atoms with Gasteiger partial charge in [0.25, 0.3) is 0 Å². The molecule has 0 aliphatic heterocycles. The van der Waals surface area contributed by atoms with Crippen LogP contribution in [-0.4, -0.2) is 46.8 Å². The lowest BCUT2D eigenvalue weighted by molar-refractivity contribution is -0.382. The summed E-state index contributed by atoms with van der Waals surface area (Å²) in [7, 11) is -10.1. The van der Waals surface area contributed by atoms with Crippen molar-refractivity contribution in [2.45, 2.75) is 42.0 Å². The van der Waals surface area contributed by atoms with Gasteiger partial charge in [0.1, 0.15) is 0 Å². The Hall–Kier alpha value is -1.67. The second-order valence-corrected chi connectivity index (χ2v) is 11.9. The van der Waals surface area contributed by atoms with Crippen LogP contribution in [-0.2, 0) is 10.1 Å². The normalized spacial score (nSPS) is 15.2. The highest BCUT2D eigenvalue weighted by molar-refractivity contribution is 8.32. The minimum atomic E-state index is -7.33. The zero-order valence-electron chi connectivity index (χ0n) is 16.4. The molecule has 14 heteroatoms. The SMILES string of the molecule is CCS(CC)([OH+]S(=O)(=O)C(F)(F)C(F)(F)C(F)(F)C(F)(F)F)c1cccc2ccccc12. The van der Waals surface area contributed by atoms with Crippen molar-refractivity contribution in [3.8, 4) is 0 Å². The Morgan fingerprint density at radius 2 is 1.25 bits per heavy atom. The molecule has 1 N–H and O–H groups in total. The van der Waals surface area contributed by atoms with Crippen LogP contribution in [0.15, 0.2) is 47.4 Å². The maximum absolute atomic E-state index is 14.2. The lowest BCUT2D eigenvalue weighted by Crippen LogP contribution is -2.63. The first kappa shape index (κ1) is 26.6. The van der Waals surface area contributed by atoms with Crippen molar-refractivity contribution in [2.24, 2.45) is 0 Å². The van der Waals surface area contributed by atoms with Crippen LogP contribution < -0.4 is 0 Å². The highest BCUT2D eigenvalue weighted by atomic mass is 32.3. The van der Waals surface area contributed by atoms with Crippen LogP contribution in [0.4, 0.5) is 39.5 Å². The number of rotatable bonds is 8. The molecule has 3 nitrogen and oxygen atoms in total. The van der Waals surface area contributed by atoms with Gasteiger partial charge >= 0.3 is 33.4 Å². The van der Waals surface area contributed by atoms with Gasteiger partial charge in [-0.3, -0.25) is 3.63 Å². The Labute approximate surface area is 179 Å². The monoisotopic (exact) mass is 517 g/mol. The van der Waals surface area contributed by atoms with Gasteiger partial charge in [-0.25, -0.2) is 0 Å². The first-order valence-electron chi connectivity index (χ1n) is 8.87. The second-order valence-electron chi connectivity index (χ2n) is 6.61.